The van der Waals surface area contributed by atoms with E-state index in [0.29, 0.717) is 41.2 Å². The molecular weight excluding hydrogens is 464 g/mol. The van der Waals surface area contributed by atoms with Gasteiger partial charge in [-0.3, -0.25) is 4.79 Å². The molecule has 0 aliphatic heterocycles. The van der Waals surface area contributed by atoms with Crippen molar-refractivity contribution < 1.29 is 29.0 Å². The molecule has 4 N–H and O–H groups in total. The highest BCUT2D eigenvalue weighted by atomic mass is 16.5. The second-order valence-electron chi connectivity index (χ2n) is 9.16. The normalized spacial score (nSPS) is 13.0. The Hall–Kier alpha value is -3.50. The van der Waals surface area contributed by atoms with Crippen LogP contribution in [-0.4, -0.2) is 57.2 Å². The van der Waals surface area contributed by atoms with Crippen molar-refractivity contribution in [2.24, 2.45) is 11.7 Å². The Morgan fingerprint density at radius 2 is 1.92 bits per heavy atom. The van der Waals surface area contributed by atoms with Gasteiger partial charge in [0.1, 0.15) is 29.9 Å². The number of pyridine rings is 1. The highest BCUT2D eigenvalue weighted by Gasteiger charge is 2.20. The maximum absolute atomic E-state index is 11.0. The van der Waals surface area contributed by atoms with Crippen molar-refractivity contribution in [2.75, 3.05) is 13.7 Å². The molecule has 36 heavy (non-hydrogen) atoms. The quantitative estimate of drug-likeness (QED) is 0.342. The third-order valence-electron chi connectivity index (χ3n) is 5.58. The van der Waals surface area contributed by atoms with Gasteiger partial charge in [0.2, 0.25) is 11.7 Å². The molecule has 2 atom stereocenters. The van der Waals surface area contributed by atoms with Gasteiger partial charge in [0.15, 0.2) is 0 Å². The third kappa shape index (κ3) is 6.79. The molecule has 1 aromatic carbocycles. The summed E-state index contributed by atoms with van der Waals surface area (Å²) in [5, 5.41) is 23.8. The predicted molar refractivity (Wildman–Crippen MR) is 133 cm³/mol. The van der Waals surface area contributed by atoms with Gasteiger partial charge in [0, 0.05) is 29.8 Å². The van der Waals surface area contributed by atoms with Crippen LogP contribution >= 0.6 is 0 Å². The number of ether oxygens (including phenoxy) is 2. The largest absolute Gasteiger partial charge is 0.497 e. The van der Waals surface area contributed by atoms with Crippen molar-refractivity contribution in [1.29, 1.82) is 0 Å². The number of carbonyl (C=O) groups is 1. The molecule has 10 heteroatoms. The number of benzene rings is 1. The molecular formula is C26H34N4O6. The molecule has 1 unspecified atom stereocenters. The van der Waals surface area contributed by atoms with Gasteiger partial charge in [0.25, 0.3) is 5.89 Å². The highest BCUT2D eigenvalue weighted by Crippen LogP contribution is 2.32. The van der Waals surface area contributed by atoms with Crippen molar-refractivity contribution in [3.63, 3.8) is 0 Å². The number of amides is 1. The monoisotopic (exact) mass is 498 g/mol. The fraction of sp³-hybridized carbons (Fsp3) is 0.462. The summed E-state index contributed by atoms with van der Waals surface area (Å²) in [6.45, 7) is 8.02. The number of nitrogens with two attached hydrogens (primary N) is 1. The number of nitrogens with zero attached hydrogens (tertiary/aromatic N) is 3. The highest BCUT2D eigenvalue weighted by molar-refractivity contribution is 5.78. The van der Waals surface area contributed by atoms with Crippen LogP contribution in [0.4, 0.5) is 0 Å². The summed E-state index contributed by atoms with van der Waals surface area (Å²) < 4.78 is 16.8. The molecule has 0 saturated carbocycles. The number of hydrogen-bond donors (Lipinski definition) is 3. The average molecular weight is 499 g/mol. The molecule has 0 radical (unpaired) electrons. The summed E-state index contributed by atoms with van der Waals surface area (Å²) in [4.78, 5) is 20.2. The number of primary amides is 1. The first-order valence-electron chi connectivity index (χ1n) is 11.9. The van der Waals surface area contributed by atoms with E-state index >= 15 is 0 Å². The maximum atomic E-state index is 11.0. The molecule has 10 nitrogen and oxygen atoms in total. The van der Waals surface area contributed by atoms with Crippen LogP contribution in [0.25, 0.3) is 23.0 Å². The number of hydrogen-bond acceptors (Lipinski definition) is 9. The summed E-state index contributed by atoms with van der Waals surface area (Å²) in [5.74, 6) is 1.54. The van der Waals surface area contributed by atoms with E-state index in [1.165, 1.54) is 0 Å². The van der Waals surface area contributed by atoms with E-state index in [9.17, 15) is 15.0 Å². The smallest absolute Gasteiger partial charge is 0.276 e. The fourth-order valence-corrected chi connectivity index (χ4v) is 3.82. The summed E-state index contributed by atoms with van der Waals surface area (Å²) in [7, 11) is 1.61. The Morgan fingerprint density at radius 3 is 2.56 bits per heavy atom. The second-order valence-corrected chi connectivity index (χ2v) is 9.16. The molecule has 3 aromatic rings. The number of carbonyl (C=O) groups excluding carboxylic acids is 1. The lowest BCUT2D eigenvalue weighted by Crippen LogP contribution is -2.33. The van der Waals surface area contributed by atoms with E-state index < -0.39 is 18.1 Å². The van der Waals surface area contributed by atoms with Gasteiger partial charge in [-0.15, -0.1) is 0 Å². The van der Waals surface area contributed by atoms with Crippen LogP contribution in [0.15, 0.2) is 28.8 Å². The van der Waals surface area contributed by atoms with Crippen molar-refractivity contribution in [3.05, 3.63) is 41.1 Å². The molecule has 2 aromatic heterocycles. The number of aromatic nitrogens is 3. The average Bonchev–Trinajstić information content (AvgIpc) is 3.32. The Morgan fingerprint density at radius 1 is 1.17 bits per heavy atom. The minimum Gasteiger partial charge on any atom is -0.497 e. The van der Waals surface area contributed by atoms with E-state index in [-0.39, 0.29) is 13.0 Å². The van der Waals surface area contributed by atoms with E-state index in [1.54, 1.807) is 13.2 Å². The van der Waals surface area contributed by atoms with Gasteiger partial charge in [-0.1, -0.05) is 25.9 Å². The lowest BCUT2D eigenvalue weighted by atomic mass is 10.0. The summed E-state index contributed by atoms with van der Waals surface area (Å²) in [5.41, 5.74) is 8.93. The lowest BCUT2D eigenvalue weighted by Gasteiger charge is -2.18. The molecule has 3 rings (SSSR count). The van der Waals surface area contributed by atoms with Gasteiger partial charge in [0.05, 0.1) is 13.2 Å². The molecule has 0 fully saturated rings. The Labute approximate surface area is 210 Å². The van der Waals surface area contributed by atoms with Crippen LogP contribution in [0.2, 0.25) is 0 Å². The van der Waals surface area contributed by atoms with Crippen molar-refractivity contribution in [1.82, 2.24) is 15.1 Å². The molecule has 0 bridgehead atoms. The van der Waals surface area contributed by atoms with Gasteiger partial charge in [-0.25, -0.2) is 4.98 Å². The van der Waals surface area contributed by atoms with Crippen molar-refractivity contribution in [2.45, 2.75) is 59.2 Å². The number of aliphatic hydroxyl groups excluding tert-OH is 2. The van der Waals surface area contributed by atoms with Gasteiger partial charge < -0.3 is 29.9 Å². The molecule has 0 spiro atoms. The molecule has 0 aliphatic carbocycles. The number of aryl methyl sites for hydroxylation is 2. The zero-order chi connectivity index (χ0) is 26.4. The van der Waals surface area contributed by atoms with Crippen molar-refractivity contribution in [3.8, 4) is 34.5 Å². The Balaban J connectivity index is 1.83. The lowest BCUT2D eigenvalue weighted by molar-refractivity contribution is -0.127. The summed E-state index contributed by atoms with van der Waals surface area (Å²) in [6, 6.07) is 7.45. The summed E-state index contributed by atoms with van der Waals surface area (Å²) >= 11 is 0. The van der Waals surface area contributed by atoms with E-state index in [2.05, 4.69) is 29.0 Å². The van der Waals surface area contributed by atoms with Gasteiger partial charge >= 0.3 is 0 Å². The fourth-order valence-electron chi connectivity index (χ4n) is 3.82. The second kappa shape index (κ2) is 12.0. The number of rotatable bonds is 12. The molecule has 0 saturated heterocycles. The minimum absolute atomic E-state index is 0.0931. The first-order valence-corrected chi connectivity index (χ1v) is 11.9. The van der Waals surface area contributed by atoms with Gasteiger partial charge in [-0.05, 0) is 48.9 Å². The molecule has 1 amide bonds. The standard InChI is InChI=1S/C26H34N4O6/c1-6-16-9-17(8-15(4)23(16)35-13-19(31)11-22(32)24(27)33)25-29-26(36-30-25)21-12-20(34-5)10-18(28-21)7-14(2)3/h8-10,12,14,19,22,31-32H,6-7,11,13H2,1-5H3,(H2,27,33)/t19-,22?/m0/s1. The van der Waals surface area contributed by atoms with Crippen LogP contribution < -0.4 is 15.2 Å². The zero-order valence-electron chi connectivity index (χ0n) is 21.3. The zero-order valence-corrected chi connectivity index (χ0v) is 21.3. The van der Waals surface area contributed by atoms with E-state index in [0.717, 1.165) is 28.8 Å². The Bertz CT molecular complexity index is 1190. The first-order chi connectivity index (χ1) is 17.1. The van der Waals surface area contributed by atoms with Crippen LogP contribution in [0.1, 0.15) is 44.0 Å². The molecule has 0 aliphatic rings. The van der Waals surface area contributed by atoms with Crippen molar-refractivity contribution >= 4 is 5.91 Å². The van der Waals surface area contributed by atoms with Crippen LogP contribution in [0.3, 0.4) is 0 Å². The molecule has 194 valence electrons. The van der Waals surface area contributed by atoms with Crippen LogP contribution in [0, 0.1) is 12.8 Å². The molecule has 2 heterocycles. The summed E-state index contributed by atoms with van der Waals surface area (Å²) in [6.07, 6.45) is -1.22. The predicted octanol–water partition coefficient (Wildman–Crippen LogP) is 2.85. The number of aliphatic hydroxyl groups is 2. The third-order valence-corrected chi connectivity index (χ3v) is 5.58. The van der Waals surface area contributed by atoms with E-state index in [1.807, 2.05) is 32.0 Å². The van der Waals surface area contributed by atoms with E-state index in [4.69, 9.17) is 19.7 Å². The van der Waals surface area contributed by atoms with Crippen LogP contribution in [-0.2, 0) is 17.6 Å². The van der Waals surface area contributed by atoms with Crippen LogP contribution in [0.5, 0.6) is 11.5 Å². The minimum atomic E-state index is -1.43. The number of methoxy groups -OCH3 is 1. The van der Waals surface area contributed by atoms with Gasteiger partial charge in [-0.2, -0.15) is 4.98 Å². The SMILES string of the molecule is CCc1cc(-c2noc(-c3cc(OC)cc(CC(C)C)n3)n2)cc(C)c1OC[C@@H](O)CC(O)C(N)=O. The topological polar surface area (TPSA) is 154 Å². The maximum Gasteiger partial charge on any atom is 0.276 e. The first kappa shape index (κ1) is 27.1. The Kier molecular flexibility index (Phi) is 9.00.